The van der Waals surface area contributed by atoms with Gasteiger partial charge in [0.2, 0.25) is 0 Å². The molecule has 0 fully saturated rings. The minimum Gasteiger partial charge on any atom is -0.495 e. The highest BCUT2D eigenvalue weighted by molar-refractivity contribution is 6.32. The van der Waals surface area contributed by atoms with E-state index in [-0.39, 0.29) is 0 Å². The average molecular weight is 253 g/mol. The van der Waals surface area contributed by atoms with Crippen LogP contribution in [0.4, 0.5) is 0 Å². The molecule has 3 heteroatoms. The smallest absolute Gasteiger partial charge is 0.138 e. The number of benzene rings is 2. The molecule has 0 aliphatic rings. The fourth-order valence-electron chi connectivity index (χ4n) is 1.51. The Hall–Kier alpha value is -1.18. The topological polar surface area (TPSA) is 9.23 Å². The molecular formula is C13H10Cl2O. The Kier molecular flexibility index (Phi) is 3.37. The first-order chi connectivity index (χ1) is 7.70. The van der Waals surface area contributed by atoms with Gasteiger partial charge in [-0.2, -0.15) is 0 Å². The number of hydrogen-bond donors (Lipinski definition) is 0. The first-order valence-electron chi connectivity index (χ1n) is 4.80. The molecule has 82 valence electrons. The number of ether oxygens (including phenoxy) is 1. The van der Waals surface area contributed by atoms with Crippen molar-refractivity contribution in [2.45, 2.75) is 0 Å². The third-order valence-electron chi connectivity index (χ3n) is 2.31. The van der Waals surface area contributed by atoms with E-state index in [1.54, 1.807) is 7.11 Å². The monoisotopic (exact) mass is 252 g/mol. The Labute approximate surface area is 105 Å². The van der Waals surface area contributed by atoms with Crippen LogP contribution in [0.2, 0.25) is 10.0 Å². The summed E-state index contributed by atoms with van der Waals surface area (Å²) in [6.45, 7) is 0. The number of hydrogen-bond acceptors (Lipinski definition) is 1. The Morgan fingerprint density at radius 1 is 0.938 bits per heavy atom. The molecule has 0 radical (unpaired) electrons. The van der Waals surface area contributed by atoms with E-state index in [4.69, 9.17) is 27.9 Å². The third-order valence-corrected chi connectivity index (χ3v) is 2.86. The van der Waals surface area contributed by atoms with Gasteiger partial charge < -0.3 is 4.74 Å². The highest BCUT2D eigenvalue weighted by Crippen LogP contribution is 2.31. The molecule has 0 bridgehead atoms. The van der Waals surface area contributed by atoms with Crippen LogP contribution in [0.3, 0.4) is 0 Å². The first kappa shape index (κ1) is 11.3. The van der Waals surface area contributed by atoms with Crippen LogP contribution in [0.5, 0.6) is 5.75 Å². The van der Waals surface area contributed by atoms with E-state index in [2.05, 4.69) is 0 Å². The van der Waals surface area contributed by atoms with Crippen molar-refractivity contribution in [3.8, 4) is 16.9 Å². The molecule has 0 unspecified atom stereocenters. The van der Waals surface area contributed by atoms with Gasteiger partial charge in [0.05, 0.1) is 12.1 Å². The molecule has 0 aliphatic carbocycles. The minimum atomic E-state index is 0.605. The molecule has 0 saturated carbocycles. The number of methoxy groups -OCH3 is 1. The third kappa shape index (κ3) is 2.31. The second-order valence-electron chi connectivity index (χ2n) is 3.36. The summed E-state index contributed by atoms with van der Waals surface area (Å²) in [4.78, 5) is 0. The lowest BCUT2D eigenvalue weighted by Crippen LogP contribution is -1.85. The Morgan fingerprint density at radius 3 is 2.38 bits per heavy atom. The maximum absolute atomic E-state index is 5.96. The van der Waals surface area contributed by atoms with E-state index >= 15 is 0 Å². The lowest BCUT2D eigenvalue weighted by molar-refractivity contribution is 0.415. The van der Waals surface area contributed by atoms with E-state index in [1.165, 1.54) is 0 Å². The van der Waals surface area contributed by atoms with E-state index in [1.807, 2.05) is 42.5 Å². The van der Waals surface area contributed by atoms with Crippen molar-refractivity contribution >= 4 is 23.2 Å². The summed E-state index contributed by atoms with van der Waals surface area (Å²) in [6, 6.07) is 13.3. The largest absolute Gasteiger partial charge is 0.495 e. The van der Waals surface area contributed by atoms with Gasteiger partial charge in [-0.25, -0.2) is 0 Å². The van der Waals surface area contributed by atoms with Gasteiger partial charge in [-0.05, 0) is 35.4 Å². The van der Waals surface area contributed by atoms with Crippen molar-refractivity contribution in [2.24, 2.45) is 0 Å². The molecular weight excluding hydrogens is 243 g/mol. The molecule has 2 aromatic rings. The van der Waals surface area contributed by atoms with Crippen LogP contribution in [0.25, 0.3) is 11.1 Å². The highest BCUT2D eigenvalue weighted by Gasteiger charge is 2.04. The van der Waals surface area contributed by atoms with E-state index in [9.17, 15) is 0 Å². The zero-order valence-electron chi connectivity index (χ0n) is 8.71. The molecule has 0 heterocycles. The van der Waals surface area contributed by atoms with Gasteiger partial charge in [-0.15, -0.1) is 0 Å². The second-order valence-corrected chi connectivity index (χ2v) is 4.20. The highest BCUT2D eigenvalue weighted by atomic mass is 35.5. The molecule has 0 saturated heterocycles. The fraction of sp³-hybridized carbons (Fsp3) is 0.0769. The van der Waals surface area contributed by atoms with Gasteiger partial charge in [-0.1, -0.05) is 41.4 Å². The average Bonchev–Trinajstić information content (AvgIpc) is 2.29. The quantitative estimate of drug-likeness (QED) is 0.755. The Bertz CT molecular complexity index is 509. The standard InChI is InChI=1S/C13H10Cl2O/c1-16-13-8-10(5-6-12(13)15)9-3-2-4-11(14)7-9/h2-8H,1H3. The van der Waals surface area contributed by atoms with Crippen molar-refractivity contribution in [3.05, 3.63) is 52.5 Å². The molecule has 0 aromatic heterocycles. The van der Waals surface area contributed by atoms with Crippen LogP contribution >= 0.6 is 23.2 Å². The van der Waals surface area contributed by atoms with Crippen molar-refractivity contribution in [2.75, 3.05) is 7.11 Å². The van der Waals surface area contributed by atoms with Crippen LogP contribution < -0.4 is 4.74 Å². The van der Waals surface area contributed by atoms with Gasteiger partial charge in [0.1, 0.15) is 5.75 Å². The molecule has 16 heavy (non-hydrogen) atoms. The molecule has 0 amide bonds. The number of rotatable bonds is 2. The van der Waals surface area contributed by atoms with Crippen molar-refractivity contribution in [1.82, 2.24) is 0 Å². The Morgan fingerprint density at radius 2 is 1.69 bits per heavy atom. The van der Waals surface area contributed by atoms with Crippen molar-refractivity contribution in [1.29, 1.82) is 0 Å². The molecule has 0 aliphatic heterocycles. The summed E-state index contributed by atoms with van der Waals surface area (Å²) in [5.74, 6) is 0.666. The maximum atomic E-state index is 5.96. The summed E-state index contributed by atoms with van der Waals surface area (Å²) in [5.41, 5.74) is 2.08. The predicted molar refractivity (Wildman–Crippen MR) is 68.5 cm³/mol. The lowest BCUT2D eigenvalue weighted by atomic mass is 10.1. The minimum absolute atomic E-state index is 0.605. The first-order valence-corrected chi connectivity index (χ1v) is 5.56. The van der Waals surface area contributed by atoms with E-state index in [0.717, 1.165) is 11.1 Å². The summed E-state index contributed by atoms with van der Waals surface area (Å²) in [6.07, 6.45) is 0. The molecule has 2 rings (SSSR count). The molecule has 0 N–H and O–H groups in total. The zero-order valence-corrected chi connectivity index (χ0v) is 10.2. The molecule has 0 spiro atoms. The number of halogens is 2. The molecule has 1 nitrogen and oxygen atoms in total. The van der Waals surface area contributed by atoms with Gasteiger partial charge >= 0.3 is 0 Å². The lowest BCUT2D eigenvalue weighted by Gasteiger charge is -2.07. The van der Waals surface area contributed by atoms with Crippen LogP contribution in [0.15, 0.2) is 42.5 Å². The SMILES string of the molecule is COc1cc(-c2cccc(Cl)c2)ccc1Cl. The summed E-state index contributed by atoms with van der Waals surface area (Å²) in [7, 11) is 1.60. The van der Waals surface area contributed by atoms with Crippen molar-refractivity contribution in [3.63, 3.8) is 0 Å². The summed E-state index contributed by atoms with van der Waals surface area (Å²) < 4.78 is 5.17. The summed E-state index contributed by atoms with van der Waals surface area (Å²) in [5, 5.41) is 1.32. The van der Waals surface area contributed by atoms with Gasteiger partial charge in [0.15, 0.2) is 0 Å². The van der Waals surface area contributed by atoms with Crippen LogP contribution in [-0.2, 0) is 0 Å². The van der Waals surface area contributed by atoms with Gasteiger partial charge in [0, 0.05) is 5.02 Å². The predicted octanol–water partition coefficient (Wildman–Crippen LogP) is 4.67. The molecule has 0 atom stereocenters. The van der Waals surface area contributed by atoms with Crippen LogP contribution in [-0.4, -0.2) is 7.11 Å². The second kappa shape index (κ2) is 4.77. The maximum Gasteiger partial charge on any atom is 0.138 e. The fourth-order valence-corrected chi connectivity index (χ4v) is 1.89. The van der Waals surface area contributed by atoms with E-state index in [0.29, 0.717) is 15.8 Å². The molecule has 2 aromatic carbocycles. The van der Waals surface area contributed by atoms with E-state index < -0.39 is 0 Å². The van der Waals surface area contributed by atoms with Gasteiger partial charge in [-0.3, -0.25) is 0 Å². The van der Waals surface area contributed by atoms with Crippen molar-refractivity contribution < 1.29 is 4.74 Å². The van der Waals surface area contributed by atoms with Crippen LogP contribution in [0, 0.1) is 0 Å². The van der Waals surface area contributed by atoms with Gasteiger partial charge in [0.25, 0.3) is 0 Å². The Balaban J connectivity index is 2.48. The van der Waals surface area contributed by atoms with Crippen LogP contribution in [0.1, 0.15) is 0 Å². The zero-order chi connectivity index (χ0) is 11.5. The normalized spacial score (nSPS) is 10.2. The summed E-state index contributed by atoms with van der Waals surface area (Å²) >= 11 is 11.9.